The molecular weight excluding hydrogens is 202 g/mol. The summed E-state index contributed by atoms with van der Waals surface area (Å²) in [5.41, 5.74) is 5.74. The van der Waals surface area contributed by atoms with E-state index in [9.17, 15) is 0 Å². The first-order valence-corrected chi connectivity index (χ1v) is 5.70. The zero-order chi connectivity index (χ0) is 10.4. The largest absolute Gasteiger partial charge is 0.383 e. The van der Waals surface area contributed by atoms with Crippen molar-refractivity contribution in [3.8, 4) is 0 Å². The Labute approximate surface area is 87.4 Å². The number of rotatable bonds is 6. The Morgan fingerprint density at radius 3 is 3.07 bits per heavy atom. The molecule has 1 unspecified atom stereocenters. The molecule has 0 radical (unpaired) electrons. The fraction of sp³-hybridized carbons (Fsp3) is 0.750. The van der Waals surface area contributed by atoms with Crippen LogP contribution >= 0.6 is 11.8 Å². The van der Waals surface area contributed by atoms with Crippen LogP contribution in [0.4, 0.5) is 0 Å². The van der Waals surface area contributed by atoms with Crippen molar-refractivity contribution in [3.63, 3.8) is 0 Å². The van der Waals surface area contributed by atoms with Gasteiger partial charge in [-0.15, -0.1) is 0 Å². The molecule has 1 aromatic rings. The zero-order valence-electron chi connectivity index (χ0n) is 8.40. The molecule has 0 spiro atoms. The molecule has 1 atom stereocenters. The molecule has 2 N–H and O–H groups in total. The smallest absolute Gasteiger partial charge is 0.228 e. The molecule has 0 aliphatic heterocycles. The van der Waals surface area contributed by atoms with Gasteiger partial charge in [0.25, 0.3) is 0 Å². The lowest BCUT2D eigenvalue weighted by Crippen LogP contribution is -2.28. The highest BCUT2D eigenvalue weighted by Gasteiger charge is 2.10. The average Bonchev–Trinajstić information content (AvgIpc) is 2.53. The third-order valence-electron chi connectivity index (χ3n) is 1.60. The number of nitrogens with two attached hydrogens (primary N) is 1. The van der Waals surface area contributed by atoms with Gasteiger partial charge in [-0.3, -0.25) is 0 Å². The summed E-state index contributed by atoms with van der Waals surface area (Å²) in [4.78, 5) is 4.19. The van der Waals surface area contributed by atoms with Gasteiger partial charge in [0.15, 0.2) is 5.82 Å². The normalized spacial score (nSPS) is 13.1. The van der Waals surface area contributed by atoms with Crippen LogP contribution in [-0.2, 0) is 16.9 Å². The summed E-state index contributed by atoms with van der Waals surface area (Å²) in [6.45, 7) is 0.500. The van der Waals surface area contributed by atoms with Gasteiger partial charge in [0.05, 0.1) is 12.4 Å². The Hall–Kier alpha value is -0.590. The minimum absolute atomic E-state index is 0.0809. The quantitative estimate of drug-likeness (QED) is 0.745. The highest BCUT2D eigenvalue weighted by Crippen LogP contribution is 2.06. The summed E-state index contributed by atoms with van der Waals surface area (Å²) >= 11 is 1.66. The van der Waals surface area contributed by atoms with E-state index in [4.69, 9.17) is 15.0 Å². The molecule has 1 aromatic heterocycles. The Kier molecular flexibility index (Phi) is 4.92. The number of aromatic nitrogens is 2. The number of nitrogens with zero attached hydrogens (tertiary/aromatic N) is 2. The summed E-state index contributed by atoms with van der Waals surface area (Å²) < 4.78 is 9.94. The van der Waals surface area contributed by atoms with Crippen LogP contribution in [0.25, 0.3) is 0 Å². The molecule has 0 aliphatic rings. The maximum atomic E-state index is 5.74. The Balaban J connectivity index is 2.42. The predicted molar refractivity (Wildman–Crippen MR) is 55.1 cm³/mol. The summed E-state index contributed by atoms with van der Waals surface area (Å²) in [6.07, 6.45) is 2.56. The molecule has 0 saturated heterocycles. The maximum Gasteiger partial charge on any atom is 0.228 e. The molecule has 0 fully saturated rings. The van der Waals surface area contributed by atoms with E-state index in [0.717, 1.165) is 11.6 Å². The van der Waals surface area contributed by atoms with Gasteiger partial charge in [-0.2, -0.15) is 16.7 Å². The van der Waals surface area contributed by atoms with Crippen molar-refractivity contribution in [2.75, 3.05) is 20.0 Å². The predicted octanol–water partition coefficient (Wildman–Crippen LogP) is 0.449. The number of hydrogen-bond donors (Lipinski definition) is 1. The second-order valence-corrected chi connectivity index (χ2v) is 3.82. The van der Waals surface area contributed by atoms with E-state index in [1.54, 1.807) is 18.9 Å². The topological polar surface area (TPSA) is 74.2 Å². The van der Waals surface area contributed by atoms with E-state index in [2.05, 4.69) is 10.1 Å². The van der Waals surface area contributed by atoms with Crippen molar-refractivity contribution in [3.05, 3.63) is 11.7 Å². The second-order valence-electron chi connectivity index (χ2n) is 2.96. The van der Waals surface area contributed by atoms with Crippen LogP contribution in [0.2, 0.25) is 0 Å². The summed E-state index contributed by atoms with van der Waals surface area (Å²) in [5, 5.41) is 3.82. The monoisotopic (exact) mass is 217 g/mol. The lowest BCUT2D eigenvalue weighted by atomic mass is 10.2. The maximum absolute atomic E-state index is 5.74. The molecule has 6 heteroatoms. The first-order chi connectivity index (χ1) is 6.76. The molecule has 0 saturated carbocycles. The van der Waals surface area contributed by atoms with Crippen LogP contribution in [0.3, 0.4) is 0 Å². The fourth-order valence-electron chi connectivity index (χ4n) is 1.06. The number of hydrogen-bond acceptors (Lipinski definition) is 6. The standard InChI is InChI=1S/C8H15N3O2S/c1-12-4-6(9)3-8-10-7(5-14-2)11-13-8/h6H,3-5,9H2,1-2H3. The second kappa shape index (κ2) is 6.00. The van der Waals surface area contributed by atoms with Gasteiger partial charge in [-0.1, -0.05) is 5.16 Å². The van der Waals surface area contributed by atoms with Gasteiger partial charge in [0.2, 0.25) is 5.89 Å². The van der Waals surface area contributed by atoms with Gasteiger partial charge in [0.1, 0.15) is 0 Å². The van der Waals surface area contributed by atoms with Crippen LogP contribution in [0.5, 0.6) is 0 Å². The van der Waals surface area contributed by atoms with Crippen molar-refractivity contribution >= 4 is 11.8 Å². The first kappa shape index (κ1) is 11.5. The van der Waals surface area contributed by atoms with E-state index < -0.39 is 0 Å². The number of thioether (sulfide) groups is 1. The van der Waals surface area contributed by atoms with E-state index in [1.807, 2.05) is 6.26 Å². The molecule has 0 bridgehead atoms. The van der Waals surface area contributed by atoms with Crippen molar-refractivity contribution in [2.45, 2.75) is 18.2 Å². The van der Waals surface area contributed by atoms with Crippen molar-refractivity contribution in [1.29, 1.82) is 0 Å². The minimum Gasteiger partial charge on any atom is -0.383 e. The van der Waals surface area contributed by atoms with E-state index in [1.165, 1.54) is 0 Å². The van der Waals surface area contributed by atoms with Gasteiger partial charge in [0, 0.05) is 19.6 Å². The van der Waals surface area contributed by atoms with Crippen LogP contribution < -0.4 is 5.73 Å². The molecule has 0 amide bonds. The van der Waals surface area contributed by atoms with Crippen molar-refractivity contribution in [2.24, 2.45) is 5.73 Å². The van der Waals surface area contributed by atoms with E-state index in [-0.39, 0.29) is 6.04 Å². The Morgan fingerprint density at radius 1 is 1.64 bits per heavy atom. The molecule has 14 heavy (non-hydrogen) atoms. The third-order valence-corrected chi connectivity index (χ3v) is 2.15. The van der Waals surface area contributed by atoms with Gasteiger partial charge in [-0.05, 0) is 6.26 Å². The van der Waals surface area contributed by atoms with Crippen LogP contribution in [0.15, 0.2) is 4.52 Å². The molecule has 0 aliphatic carbocycles. The first-order valence-electron chi connectivity index (χ1n) is 4.31. The third kappa shape index (κ3) is 3.65. The summed E-state index contributed by atoms with van der Waals surface area (Å²) in [5.74, 6) is 2.07. The average molecular weight is 217 g/mol. The summed E-state index contributed by atoms with van der Waals surface area (Å²) in [6, 6.07) is -0.0809. The van der Waals surface area contributed by atoms with Crippen molar-refractivity contribution in [1.82, 2.24) is 10.1 Å². The van der Waals surface area contributed by atoms with Gasteiger partial charge in [-0.25, -0.2) is 0 Å². The Bertz CT molecular complexity index is 267. The number of ether oxygens (including phenoxy) is 1. The summed E-state index contributed by atoms with van der Waals surface area (Å²) in [7, 11) is 1.62. The molecule has 80 valence electrons. The highest BCUT2D eigenvalue weighted by molar-refractivity contribution is 7.97. The highest BCUT2D eigenvalue weighted by atomic mass is 32.2. The SMILES string of the molecule is COCC(N)Cc1nc(CSC)no1. The molecule has 5 nitrogen and oxygen atoms in total. The van der Waals surface area contributed by atoms with E-state index in [0.29, 0.717) is 18.9 Å². The Morgan fingerprint density at radius 2 is 2.43 bits per heavy atom. The molecular formula is C8H15N3O2S. The molecule has 1 rings (SSSR count). The van der Waals surface area contributed by atoms with Crippen LogP contribution in [0, 0.1) is 0 Å². The minimum atomic E-state index is -0.0809. The molecule has 1 heterocycles. The lowest BCUT2D eigenvalue weighted by molar-refractivity contribution is 0.176. The molecule has 0 aromatic carbocycles. The van der Waals surface area contributed by atoms with Gasteiger partial charge >= 0.3 is 0 Å². The van der Waals surface area contributed by atoms with Gasteiger partial charge < -0.3 is 15.0 Å². The lowest BCUT2D eigenvalue weighted by Gasteiger charge is -2.05. The fourth-order valence-corrected chi connectivity index (χ4v) is 1.43. The van der Waals surface area contributed by atoms with Crippen molar-refractivity contribution < 1.29 is 9.26 Å². The van der Waals surface area contributed by atoms with E-state index >= 15 is 0 Å². The van der Waals surface area contributed by atoms with Crippen LogP contribution in [0.1, 0.15) is 11.7 Å². The zero-order valence-corrected chi connectivity index (χ0v) is 9.21. The number of methoxy groups -OCH3 is 1. The van der Waals surface area contributed by atoms with Crippen LogP contribution in [-0.4, -0.2) is 36.2 Å².